The van der Waals surface area contributed by atoms with Crippen molar-refractivity contribution in [3.63, 3.8) is 0 Å². The molecule has 42 heavy (non-hydrogen) atoms. The normalized spacial score (nSPS) is 12.2. The summed E-state index contributed by atoms with van der Waals surface area (Å²) in [5, 5.41) is 11.4. The van der Waals surface area contributed by atoms with Crippen LogP contribution in [0.25, 0.3) is 11.1 Å². The summed E-state index contributed by atoms with van der Waals surface area (Å²) >= 11 is 0. The predicted molar refractivity (Wildman–Crippen MR) is 179 cm³/mol. The second-order valence-corrected chi connectivity index (χ2v) is 15.0. The summed E-state index contributed by atoms with van der Waals surface area (Å²) in [6, 6.07) is 11.6. The molecule has 0 amide bonds. The van der Waals surface area contributed by atoms with Crippen LogP contribution in [0.2, 0.25) is 0 Å². The molecule has 0 aliphatic rings. The number of hydrogen-bond acceptors (Lipinski definition) is 3. The van der Waals surface area contributed by atoms with Crippen LogP contribution in [0.4, 0.5) is 5.69 Å². The third-order valence-corrected chi connectivity index (χ3v) is 11.6. The van der Waals surface area contributed by atoms with E-state index in [4.69, 9.17) is 0 Å². The summed E-state index contributed by atoms with van der Waals surface area (Å²) < 4.78 is 20.0. The summed E-state index contributed by atoms with van der Waals surface area (Å²) in [4.78, 5) is 11.0. The molecule has 0 saturated carbocycles. The summed E-state index contributed by atoms with van der Waals surface area (Å²) in [5.74, 6) is 6.89. The largest absolute Gasteiger partial charge is 0.288 e. The zero-order valence-electron chi connectivity index (χ0n) is 27.7. The van der Waals surface area contributed by atoms with Crippen molar-refractivity contribution >= 4 is 13.1 Å². The number of nitro groups is 1. The number of benzene rings is 2. The van der Waals surface area contributed by atoms with Gasteiger partial charge in [0.05, 0.1) is 11.1 Å². The highest BCUT2D eigenvalue weighted by Crippen LogP contribution is 2.60. The fourth-order valence-electron chi connectivity index (χ4n) is 6.13. The summed E-state index contributed by atoms with van der Waals surface area (Å²) in [6.45, 7) is 21.4. The Labute approximate surface area is 255 Å². The smallest absolute Gasteiger partial charge is 0.269 e. The van der Waals surface area contributed by atoms with Crippen molar-refractivity contribution in [3.05, 3.63) is 63.2 Å². The van der Waals surface area contributed by atoms with Gasteiger partial charge in [-0.05, 0) is 115 Å². The maximum Gasteiger partial charge on any atom is 0.269 e. The fourth-order valence-corrected chi connectivity index (χ4v) is 10.2. The molecule has 0 N–H and O–H groups in total. The van der Waals surface area contributed by atoms with Crippen LogP contribution in [0.5, 0.6) is 0 Å². The maximum absolute atomic E-state index is 15.5. The Morgan fingerprint density at radius 3 is 1.81 bits per heavy atom. The van der Waals surface area contributed by atoms with Gasteiger partial charge < -0.3 is 0 Å². The van der Waals surface area contributed by atoms with E-state index in [2.05, 4.69) is 103 Å². The Bertz CT molecular complexity index is 1230. The number of nitro benzene ring substituents is 1. The molecule has 0 atom stereocenters. The second-order valence-electron chi connectivity index (χ2n) is 12.4. The van der Waals surface area contributed by atoms with Crippen molar-refractivity contribution in [1.82, 2.24) is 9.34 Å². The first-order chi connectivity index (χ1) is 19.8. The van der Waals surface area contributed by atoms with Crippen LogP contribution in [0.1, 0.15) is 118 Å². The van der Waals surface area contributed by atoms with Crippen LogP contribution in [0.15, 0.2) is 36.4 Å². The fraction of sp³-hybridized carbons (Fsp3) is 0.600. The van der Waals surface area contributed by atoms with Crippen LogP contribution in [0, 0.1) is 22.0 Å². The van der Waals surface area contributed by atoms with E-state index in [0.717, 1.165) is 60.8 Å². The molecule has 2 rings (SSSR count). The monoisotopic (exact) mass is 595 g/mol. The molecule has 2 aromatic carbocycles. The summed E-state index contributed by atoms with van der Waals surface area (Å²) in [5.41, 5.74) is 5.10. The lowest BCUT2D eigenvalue weighted by Crippen LogP contribution is -2.45. The van der Waals surface area contributed by atoms with Crippen LogP contribution >= 0.6 is 7.44 Å². The molecule has 0 heterocycles. The van der Waals surface area contributed by atoms with E-state index in [1.54, 1.807) is 12.1 Å². The van der Waals surface area contributed by atoms with E-state index in [1.165, 1.54) is 5.56 Å². The third kappa shape index (κ3) is 9.03. The van der Waals surface area contributed by atoms with Crippen molar-refractivity contribution < 1.29 is 9.49 Å². The Morgan fingerprint density at radius 2 is 1.36 bits per heavy atom. The van der Waals surface area contributed by atoms with Gasteiger partial charge in [-0.1, -0.05) is 44.6 Å². The van der Waals surface area contributed by atoms with E-state index in [1.807, 2.05) is 12.1 Å². The molecule has 0 fully saturated rings. The minimum Gasteiger partial charge on any atom is -0.288 e. The van der Waals surface area contributed by atoms with Gasteiger partial charge in [0, 0.05) is 48.3 Å². The molecule has 0 bridgehead atoms. The molecule has 232 valence electrons. The molecule has 0 aromatic heterocycles. The number of nitrogens with zero attached hydrogens (tertiary/aromatic N) is 3. The van der Waals surface area contributed by atoms with E-state index < -0.39 is 7.44 Å². The van der Waals surface area contributed by atoms with E-state index in [9.17, 15) is 10.1 Å². The Balaban J connectivity index is 2.89. The van der Waals surface area contributed by atoms with Crippen molar-refractivity contribution in [1.29, 1.82) is 0 Å². The van der Waals surface area contributed by atoms with Crippen LogP contribution in [-0.4, -0.2) is 38.4 Å². The Morgan fingerprint density at radius 1 is 0.833 bits per heavy atom. The van der Waals surface area contributed by atoms with E-state index in [0.29, 0.717) is 6.16 Å². The van der Waals surface area contributed by atoms with E-state index >= 15 is 4.57 Å². The first-order valence-corrected chi connectivity index (χ1v) is 17.6. The molecular weight excluding hydrogens is 541 g/mol. The zero-order valence-corrected chi connectivity index (χ0v) is 28.6. The van der Waals surface area contributed by atoms with Gasteiger partial charge in [0.15, 0.2) is 0 Å². The van der Waals surface area contributed by atoms with Gasteiger partial charge in [-0.25, -0.2) is 9.34 Å². The SMILES string of the molecule is CCCCC#Cc1c(CCCC)cc(CP(=O)(N(C(C)C)C(C)C)N(C(C)C)C(C)C)cc1-c1ccc([N+](=O)[O-])cc1. The van der Waals surface area contributed by atoms with E-state index in [-0.39, 0.29) is 34.8 Å². The molecule has 0 spiro atoms. The number of non-ortho nitro benzene ring substituents is 1. The average molecular weight is 596 g/mol. The molecule has 0 saturated heterocycles. The first-order valence-electron chi connectivity index (χ1n) is 15.8. The number of aryl methyl sites for hydroxylation is 1. The van der Waals surface area contributed by atoms with Crippen molar-refractivity contribution in [2.45, 2.75) is 138 Å². The summed E-state index contributed by atoms with van der Waals surface area (Å²) in [6.07, 6.45) is 6.35. The minimum absolute atomic E-state index is 0.0650. The maximum atomic E-state index is 15.5. The quantitative estimate of drug-likeness (QED) is 0.0674. The minimum atomic E-state index is -3.07. The lowest BCUT2D eigenvalue weighted by molar-refractivity contribution is -0.384. The highest BCUT2D eigenvalue weighted by molar-refractivity contribution is 7.58. The van der Waals surface area contributed by atoms with Gasteiger partial charge >= 0.3 is 0 Å². The molecular formula is C35H54N3O3P. The Kier molecular flexibility index (Phi) is 14.0. The van der Waals surface area contributed by atoms with Gasteiger partial charge in [0.1, 0.15) is 0 Å². The van der Waals surface area contributed by atoms with Crippen molar-refractivity contribution in [2.75, 3.05) is 0 Å². The lowest BCUT2D eigenvalue weighted by Gasteiger charge is -2.47. The lowest BCUT2D eigenvalue weighted by atomic mass is 9.91. The topological polar surface area (TPSA) is 66.7 Å². The standard InChI is InChI=1S/C35H54N3O3P/c1-11-13-15-16-18-34-32(17-14-12-2)23-30(24-35(34)31-19-21-33(22-20-31)38(39)40)25-42(41,36(26(3)4)27(5)6)37(28(7)8)29(9)10/h19-24,26-29H,11-15,17,25H2,1-10H3. The van der Waals surface area contributed by atoms with Gasteiger partial charge in [0.2, 0.25) is 7.44 Å². The van der Waals surface area contributed by atoms with Gasteiger partial charge in [-0.3, -0.25) is 14.7 Å². The molecule has 0 aliphatic carbocycles. The van der Waals surface area contributed by atoms with Crippen molar-refractivity contribution in [3.8, 4) is 23.0 Å². The second kappa shape index (κ2) is 16.4. The third-order valence-electron chi connectivity index (χ3n) is 7.56. The number of unbranched alkanes of at least 4 members (excludes halogenated alkanes) is 3. The van der Waals surface area contributed by atoms with Gasteiger partial charge in [-0.2, -0.15) is 0 Å². The molecule has 2 aromatic rings. The van der Waals surface area contributed by atoms with Gasteiger partial charge in [0.25, 0.3) is 5.69 Å². The molecule has 0 radical (unpaired) electrons. The molecule has 6 nitrogen and oxygen atoms in total. The number of hydrogen-bond donors (Lipinski definition) is 0. The van der Waals surface area contributed by atoms with Crippen LogP contribution in [-0.2, 0) is 17.1 Å². The van der Waals surface area contributed by atoms with Crippen LogP contribution in [0.3, 0.4) is 0 Å². The summed E-state index contributed by atoms with van der Waals surface area (Å²) in [7, 11) is -3.07. The number of rotatable bonds is 15. The highest BCUT2D eigenvalue weighted by atomic mass is 31.2. The van der Waals surface area contributed by atoms with Crippen molar-refractivity contribution in [2.24, 2.45) is 0 Å². The molecule has 7 heteroatoms. The van der Waals surface area contributed by atoms with Crippen LogP contribution < -0.4 is 0 Å². The van der Waals surface area contributed by atoms with Gasteiger partial charge in [-0.15, -0.1) is 0 Å². The highest BCUT2D eigenvalue weighted by Gasteiger charge is 2.42. The predicted octanol–water partition coefficient (Wildman–Crippen LogP) is 10.1. The average Bonchev–Trinajstić information content (AvgIpc) is 2.89. The Hall–Kier alpha value is -2.45. The molecule has 0 unspecified atom stereocenters. The molecule has 0 aliphatic heterocycles. The zero-order chi connectivity index (χ0) is 31.6. The first kappa shape index (κ1) is 35.7.